The highest BCUT2D eigenvalue weighted by molar-refractivity contribution is 5.83. The molecule has 0 rings (SSSR count). The van der Waals surface area contributed by atoms with Crippen LogP contribution >= 0.6 is 0 Å². The quantitative estimate of drug-likeness (QED) is 0.409. The number of carbonyl (C=O) groups excluding carboxylic acids is 1. The number of ether oxygens (including phenoxy) is 1. The first kappa shape index (κ1) is 13.5. The van der Waals surface area contributed by atoms with Gasteiger partial charge in [0.15, 0.2) is 6.29 Å². The summed E-state index contributed by atoms with van der Waals surface area (Å²) in [7, 11) is 1.45. The Bertz CT molecular complexity index is 167. The first-order valence-electron chi connectivity index (χ1n) is 4.78. The van der Waals surface area contributed by atoms with E-state index in [1.807, 2.05) is 20.8 Å². The molecule has 0 spiro atoms. The monoisotopic (exact) mass is 204 g/mol. The Morgan fingerprint density at radius 3 is 2.36 bits per heavy atom. The van der Waals surface area contributed by atoms with Crippen LogP contribution in [0.2, 0.25) is 0 Å². The van der Waals surface area contributed by atoms with E-state index in [2.05, 4.69) is 4.89 Å². The van der Waals surface area contributed by atoms with Crippen molar-refractivity contribution in [2.24, 2.45) is 5.41 Å². The highest BCUT2D eigenvalue weighted by Gasteiger charge is 2.20. The summed E-state index contributed by atoms with van der Waals surface area (Å²) < 4.78 is 4.78. The van der Waals surface area contributed by atoms with Crippen LogP contribution < -0.4 is 0 Å². The van der Waals surface area contributed by atoms with Crippen LogP contribution in [0.5, 0.6) is 0 Å². The molecule has 0 aliphatic carbocycles. The molecule has 1 atom stereocenters. The highest BCUT2D eigenvalue weighted by Crippen LogP contribution is 2.18. The summed E-state index contributed by atoms with van der Waals surface area (Å²) in [6.07, 6.45) is 1.05. The van der Waals surface area contributed by atoms with E-state index in [0.717, 1.165) is 0 Å². The summed E-state index contributed by atoms with van der Waals surface area (Å²) in [4.78, 5) is 15.5. The summed E-state index contributed by atoms with van der Waals surface area (Å²) in [5.41, 5.74) is -0.289. The molecule has 0 bridgehead atoms. The molecule has 0 amide bonds. The predicted octanol–water partition coefficient (Wildman–Crippen LogP) is 2.23. The average molecular weight is 204 g/mol. The summed E-state index contributed by atoms with van der Waals surface area (Å²) in [5.74, 6) is 0.213. The molecule has 0 aliphatic rings. The maximum atomic E-state index is 11.5. The summed E-state index contributed by atoms with van der Waals surface area (Å²) in [6.45, 7) is 5.68. The summed E-state index contributed by atoms with van der Waals surface area (Å²) in [5, 5.41) is 8.34. The van der Waals surface area contributed by atoms with Crippen molar-refractivity contribution in [3.63, 3.8) is 0 Å². The number of carbonyl (C=O) groups is 1. The second-order valence-electron chi connectivity index (χ2n) is 4.34. The van der Waals surface area contributed by atoms with Crippen LogP contribution in [0, 0.1) is 5.41 Å². The minimum atomic E-state index is -0.622. The second-order valence-corrected chi connectivity index (χ2v) is 4.34. The number of ketones is 1. The standard InChI is InChI=1S/C10H20O4/c1-10(2,3)8(11)6-5-7-9(13-4)14-12/h9,12H,5-7H2,1-4H3. The minimum absolute atomic E-state index is 0.213. The molecule has 0 aromatic heterocycles. The Morgan fingerprint density at radius 1 is 1.43 bits per heavy atom. The Labute approximate surface area is 85.1 Å². The number of hydrogen-bond donors (Lipinski definition) is 1. The zero-order chi connectivity index (χ0) is 11.2. The predicted molar refractivity (Wildman–Crippen MR) is 52.8 cm³/mol. The lowest BCUT2D eigenvalue weighted by Crippen LogP contribution is -2.21. The number of methoxy groups -OCH3 is 1. The topological polar surface area (TPSA) is 55.8 Å². The van der Waals surface area contributed by atoms with Gasteiger partial charge in [0.25, 0.3) is 0 Å². The fourth-order valence-electron chi connectivity index (χ4n) is 1.02. The van der Waals surface area contributed by atoms with Crippen LogP contribution in [0.4, 0.5) is 0 Å². The van der Waals surface area contributed by atoms with Gasteiger partial charge in [-0.1, -0.05) is 20.8 Å². The van der Waals surface area contributed by atoms with Crippen LogP contribution in [0.3, 0.4) is 0 Å². The second kappa shape index (κ2) is 6.11. The fraction of sp³-hybridized carbons (Fsp3) is 0.900. The van der Waals surface area contributed by atoms with Crippen molar-refractivity contribution in [2.45, 2.75) is 46.3 Å². The van der Waals surface area contributed by atoms with E-state index in [4.69, 9.17) is 9.99 Å². The van der Waals surface area contributed by atoms with Crippen molar-refractivity contribution in [3.8, 4) is 0 Å². The Morgan fingerprint density at radius 2 is 2.00 bits per heavy atom. The normalized spacial score (nSPS) is 14.1. The van der Waals surface area contributed by atoms with Crippen molar-refractivity contribution in [1.29, 1.82) is 0 Å². The third-order valence-electron chi connectivity index (χ3n) is 2.06. The molecule has 14 heavy (non-hydrogen) atoms. The third-order valence-corrected chi connectivity index (χ3v) is 2.06. The summed E-state index contributed by atoms with van der Waals surface area (Å²) in [6, 6.07) is 0. The highest BCUT2D eigenvalue weighted by atomic mass is 17.1. The zero-order valence-corrected chi connectivity index (χ0v) is 9.37. The van der Waals surface area contributed by atoms with E-state index in [1.54, 1.807) is 0 Å². The van der Waals surface area contributed by atoms with Gasteiger partial charge in [-0.25, -0.2) is 10.1 Å². The minimum Gasteiger partial charge on any atom is -0.353 e. The number of Topliss-reactive ketones (excluding diaryl/α,β-unsaturated/α-hetero) is 1. The van der Waals surface area contributed by atoms with Crippen LogP contribution in [-0.2, 0) is 14.4 Å². The molecule has 0 aromatic rings. The van der Waals surface area contributed by atoms with Gasteiger partial charge in [-0.3, -0.25) is 4.79 Å². The van der Waals surface area contributed by atoms with Gasteiger partial charge in [-0.05, 0) is 6.42 Å². The molecule has 4 nitrogen and oxygen atoms in total. The first-order valence-corrected chi connectivity index (χ1v) is 4.78. The van der Waals surface area contributed by atoms with Crippen molar-refractivity contribution in [2.75, 3.05) is 7.11 Å². The van der Waals surface area contributed by atoms with Crippen LogP contribution in [0.15, 0.2) is 0 Å². The smallest absolute Gasteiger partial charge is 0.190 e. The molecular formula is C10H20O4. The van der Waals surface area contributed by atoms with Crippen molar-refractivity contribution in [1.82, 2.24) is 0 Å². The molecule has 0 radical (unpaired) electrons. The molecule has 0 fully saturated rings. The first-order chi connectivity index (χ1) is 6.41. The van der Waals surface area contributed by atoms with Gasteiger partial charge in [-0.2, -0.15) is 0 Å². The van der Waals surface area contributed by atoms with E-state index in [1.165, 1.54) is 7.11 Å². The SMILES string of the molecule is COC(CCCC(=O)C(C)(C)C)OO. The lowest BCUT2D eigenvalue weighted by molar-refractivity contribution is -0.341. The molecule has 84 valence electrons. The Balaban J connectivity index is 3.69. The van der Waals surface area contributed by atoms with Crippen molar-refractivity contribution in [3.05, 3.63) is 0 Å². The summed E-state index contributed by atoms with van der Waals surface area (Å²) >= 11 is 0. The number of hydrogen-bond acceptors (Lipinski definition) is 4. The lowest BCUT2D eigenvalue weighted by atomic mass is 9.88. The maximum Gasteiger partial charge on any atom is 0.190 e. The van der Waals surface area contributed by atoms with Gasteiger partial charge in [0.05, 0.1) is 0 Å². The van der Waals surface area contributed by atoms with Crippen LogP contribution in [0.25, 0.3) is 0 Å². The lowest BCUT2D eigenvalue weighted by Gasteiger charge is -2.17. The van der Waals surface area contributed by atoms with Gasteiger partial charge in [0.1, 0.15) is 5.78 Å². The van der Waals surface area contributed by atoms with E-state index >= 15 is 0 Å². The average Bonchev–Trinajstić information content (AvgIpc) is 2.10. The zero-order valence-electron chi connectivity index (χ0n) is 9.37. The molecule has 0 aromatic carbocycles. The molecule has 0 saturated carbocycles. The van der Waals surface area contributed by atoms with E-state index in [-0.39, 0.29) is 11.2 Å². The van der Waals surface area contributed by atoms with E-state index in [9.17, 15) is 4.79 Å². The Kier molecular flexibility index (Phi) is 5.92. The fourth-order valence-corrected chi connectivity index (χ4v) is 1.02. The molecule has 1 unspecified atom stereocenters. The van der Waals surface area contributed by atoms with Gasteiger partial charge in [0, 0.05) is 25.4 Å². The van der Waals surface area contributed by atoms with Gasteiger partial charge < -0.3 is 4.74 Å². The largest absolute Gasteiger partial charge is 0.353 e. The Hall–Kier alpha value is -0.450. The van der Waals surface area contributed by atoms with Gasteiger partial charge in [-0.15, -0.1) is 0 Å². The van der Waals surface area contributed by atoms with Crippen LogP contribution in [-0.4, -0.2) is 24.4 Å². The molecule has 0 aliphatic heterocycles. The van der Waals surface area contributed by atoms with Gasteiger partial charge in [0.2, 0.25) is 0 Å². The third kappa shape index (κ3) is 5.32. The van der Waals surface area contributed by atoms with E-state index in [0.29, 0.717) is 19.3 Å². The van der Waals surface area contributed by atoms with Crippen LogP contribution in [0.1, 0.15) is 40.0 Å². The molecule has 1 N–H and O–H groups in total. The maximum absolute atomic E-state index is 11.5. The molecule has 0 heterocycles. The molecule has 4 heteroatoms. The van der Waals surface area contributed by atoms with Gasteiger partial charge >= 0.3 is 0 Å². The van der Waals surface area contributed by atoms with Crippen molar-refractivity contribution < 1.29 is 19.7 Å². The molecular weight excluding hydrogens is 184 g/mol. The van der Waals surface area contributed by atoms with Crippen molar-refractivity contribution >= 4 is 5.78 Å². The number of rotatable bonds is 6. The molecule has 0 saturated heterocycles. The van der Waals surface area contributed by atoms with E-state index < -0.39 is 6.29 Å².